The number of nitrogens with one attached hydrogen (secondary N) is 1. The number of aryl methyl sites for hydroxylation is 1. The Labute approximate surface area is 156 Å². The maximum Gasteiger partial charge on any atom is 0.232 e. The van der Waals surface area contributed by atoms with Crippen LogP contribution in [0, 0.1) is 6.92 Å². The van der Waals surface area contributed by atoms with Crippen molar-refractivity contribution in [2.24, 2.45) is 0 Å². The van der Waals surface area contributed by atoms with Crippen molar-refractivity contribution in [1.29, 1.82) is 0 Å². The van der Waals surface area contributed by atoms with Crippen LogP contribution in [-0.4, -0.2) is 28.3 Å². The van der Waals surface area contributed by atoms with E-state index >= 15 is 0 Å². The molecule has 1 aromatic heterocycles. The molecule has 0 fully saturated rings. The molecule has 0 saturated heterocycles. The Balaban J connectivity index is 1.76. The molecule has 0 spiro atoms. The highest BCUT2D eigenvalue weighted by Crippen LogP contribution is 2.28. The summed E-state index contributed by atoms with van der Waals surface area (Å²) in [6, 6.07) is 12.7. The first-order valence-corrected chi connectivity index (χ1v) is 8.17. The van der Waals surface area contributed by atoms with Gasteiger partial charge in [0, 0.05) is 11.3 Å². The summed E-state index contributed by atoms with van der Waals surface area (Å²) >= 11 is 0. The predicted molar refractivity (Wildman–Crippen MR) is 101 cm³/mol. The van der Waals surface area contributed by atoms with E-state index in [1.165, 1.54) is 7.11 Å². The molecule has 2 aromatic carbocycles. The van der Waals surface area contributed by atoms with E-state index in [-0.39, 0.29) is 12.6 Å². The largest absolute Gasteiger partial charge is 0.493 e. The number of anilines is 3. The molecule has 0 aliphatic carbocycles. The van der Waals surface area contributed by atoms with Crippen LogP contribution in [0.2, 0.25) is 0 Å². The molecule has 8 nitrogen and oxygen atoms in total. The number of rotatable bonds is 7. The van der Waals surface area contributed by atoms with Crippen molar-refractivity contribution in [3.63, 3.8) is 0 Å². The maximum atomic E-state index is 11.0. The highest BCUT2D eigenvalue weighted by atomic mass is 16.5. The maximum absolute atomic E-state index is 11.0. The number of nitrogens with two attached hydrogens (primary N) is 1. The third kappa shape index (κ3) is 4.69. The zero-order chi connectivity index (χ0) is 19.2. The fourth-order valence-corrected chi connectivity index (χ4v) is 2.35. The number of hydrogen-bond donors (Lipinski definition) is 2. The second-order valence-corrected chi connectivity index (χ2v) is 5.74. The molecule has 3 rings (SSSR count). The van der Waals surface area contributed by atoms with Gasteiger partial charge in [0.15, 0.2) is 17.3 Å². The predicted octanol–water partition coefficient (Wildman–Crippen LogP) is 2.91. The van der Waals surface area contributed by atoms with Gasteiger partial charge in [-0.1, -0.05) is 17.7 Å². The molecule has 27 heavy (non-hydrogen) atoms. The lowest BCUT2D eigenvalue weighted by molar-refractivity contribution is 0.112. The highest BCUT2D eigenvalue weighted by Gasteiger charge is 2.10. The normalized spacial score (nSPS) is 10.3. The first-order chi connectivity index (χ1) is 13.1. The second-order valence-electron chi connectivity index (χ2n) is 5.74. The van der Waals surface area contributed by atoms with Crippen LogP contribution in [0.25, 0.3) is 0 Å². The molecule has 0 aliphatic heterocycles. The van der Waals surface area contributed by atoms with Crippen molar-refractivity contribution in [1.82, 2.24) is 15.0 Å². The van der Waals surface area contributed by atoms with Crippen LogP contribution in [0.1, 0.15) is 21.7 Å². The molecule has 3 N–H and O–H groups in total. The molecule has 0 atom stereocenters. The lowest BCUT2D eigenvalue weighted by Gasteiger charge is -2.11. The lowest BCUT2D eigenvalue weighted by atomic mass is 10.2. The quantitative estimate of drug-likeness (QED) is 0.615. The van der Waals surface area contributed by atoms with Gasteiger partial charge in [-0.3, -0.25) is 4.79 Å². The first-order valence-electron chi connectivity index (χ1n) is 8.17. The molecule has 0 amide bonds. The minimum atomic E-state index is 0.0357. The number of methoxy groups -OCH3 is 1. The van der Waals surface area contributed by atoms with Crippen molar-refractivity contribution in [3.05, 3.63) is 59.4 Å². The van der Waals surface area contributed by atoms with Gasteiger partial charge in [0.05, 0.1) is 7.11 Å². The second kappa shape index (κ2) is 8.13. The van der Waals surface area contributed by atoms with Crippen molar-refractivity contribution < 1.29 is 14.3 Å². The molecule has 0 unspecified atom stereocenters. The van der Waals surface area contributed by atoms with Gasteiger partial charge in [0.25, 0.3) is 0 Å². The van der Waals surface area contributed by atoms with E-state index in [4.69, 9.17) is 15.2 Å². The Morgan fingerprint density at radius 2 is 1.85 bits per heavy atom. The number of hydrogen-bond acceptors (Lipinski definition) is 8. The summed E-state index contributed by atoms with van der Waals surface area (Å²) in [6.45, 7) is 2.04. The molecule has 0 saturated carbocycles. The fraction of sp³-hybridized carbons (Fsp3) is 0.158. The average Bonchev–Trinajstić information content (AvgIpc) is 2.67. The molecular formula is C19H19N5O3. The summed E-state index contributed by atoms with van der Waals surface area (Å²) < 4.78 is 11.0. The monoisotopic (exact) mass is 365 g/mol. The number of ether oxygens (including phenoxy) is 2. The average molecular weight is 365 g/mol. The van der Waals surface area contributed by atoms with Gasteiger partial charge in [0.1, 0.15) is 12.9 Å². The van der Waals surface area contributed by atoms with E-state index in [9.17, 15) is 4.79 Å². The summed E-state index contributed by atoms with van der Waals surface area (Å²) in [7, 11) is 1.52. The molecular weight excluding hydrogens is 346 g/mol. The summed E-state index contributed by atoms with van der Waals surface area (Å²) in [5.74, 6) is 1.65. The fourth-order valence-electron chi connectivity index (χ4n) is 2.35. The van der Waals surface area contributed by atoms with Crippen LogP contribution in [0.5, 0.6) is 11.5 Å². The van der Waals surface area contributed by atoms with Crippen molar-refractivity contribution >= 4 is 23.9 Å². The van der Waals surface area contributed by atoms with Gasteiger partial charge in [0.2, 0.25) is 11.9 Å². The van der Waals surface area contributed by atoms with Crippen LogP contribution in [-0.2, 0) is 6.61 Å². The van der Waals surface area contributed by atoms with E-state index in [1.807, 2.05) is 31.2 Å². The van der Waals surface area contributed by atoms with Crippen LogP contribution in [0.4, 0.5) is 17.6 Å². The summed E-state index contributed by atoms with van der Waals surface area (Å²) in [4.78, 5) is 23.4. The number of nitrogens with zero attached hydrogens (tertiary/aromatic N) is 3. The summed E-state index contributed by atoms with van der Waals surface area (Å²) in [5, 5.41) is 3.08. The molecule has 0 bridgehead atoms. The minimum Gasteiger partial charge on any atom is -0.493 e. The zero-order valence-electron chi connectivity index (χ0n) is 15.0. The van der Waals surface area contributed by atoms with Gasteiger partial charge in [-0.15, -0.1) is 0 Å². The van der Waals surface area contributed by atoms with E-state index in [1.54, 1.807) is 18.2 Å². The summed E-state index contributed by atoms with van der Waals surface area (Å²) in [5.41, 5.74) is 8.24. The topological polar surface area (TPSA) is 112 Å². The van der Waals surface area contributed by atoms with Crippen molar-refractivity contribution in [2.75, 3.05) is 18.2 Å². The van der Waals surface area contributed by atoms with Gasteiger partial charge in [-0.2, -0.15) is 15.0 Å². The SMILES string of the molecule is COc1ccc(C=O)cc1OCc1nc(N)nc(Nc2ccc(C)cc2)n1. The first kappa shape index (κ1) is 18.1. The van der Waals surface area contributed by atoms with Gasteiger partial charge < -0.3 is 20.5 Å². The third-order valence-corrected chi connectivity index (χ3v) is 3.69. The molecule has 0 radical (unpaired) electrons. The van der Waals surface area contributed by atoms with E-state index in [0.29, 0.717) is 28.8 Å². The molecule has 8 heteroatoms. The van der Waals surface area contributed by atoms with Gasteiger partial charge in [-0.25, -0.2) is 0 Å². The Bertz CT molecular complexity index is 945. The van der Waals surface area contributed by atoms with Crippen LogP contribution in [0.15, 0.2) is 42.5 Å². The number of carbonyl (C=O) groups is 1. The Morgan fingerprint density at radius 1 is 1.07 bits per heavy atom. The highest BCUT2D eigenvalue weighted by molar-refractivity contribution is 5.76. The van der Waals surface area contributed by atoms with Crippen LogP contribution in [0.3, 0.4) is 0 Å². The smallest absolute Gasteiger partial charge is 0.232 e. The standard InChI is InChI=1S/C19H19N5O3/c1-12-3-6-14(7-4-12)21-19-23-17(22-18(20)24-19)11-27-16-9-13(10-25)5-8-15(16)26-2/h3-10H,11H2,1-2H3,(H3,20,21,22,23,24). The number of aromatic nitrogens is 3. The third-order valence-electron chi connectivity index (χ3n) is 3.69. The van der Waals surface area contributed by atoms with Gasteiger partial charge >= 0.3 is 0 Å². The van der Waals surface area contributed by atoms with E-state index in [2.05, 4.69) is 20.3 Å². The van der Waals surface area contributed by atoms with Crippen LogP contribution >= 0.6 is 0 Å². The number of benzene rings is 2. The van der Waals surface area contributed by atoms with Crippen molar-refractivity contribution in [2.45, 2.75) is 13.5 Å². The zero-order valence-corrected chi connectivity index (χ0v) is 15.0. The molecule has 1 heterocycles. The van der Waals surface area contributed by atoms with Gasteiger partial charge in [-0.05, 0) is 37.3 Å². The number of carbonyl (C=O) groups excluding carboxylic acids is 1. The summed E-state index contributed by atoms with van der Waals surface area (Å²) in [6.07, 6.45) is 0.733. The number of aldehydes is 1. The minimum absolute atomic E-state index is 0.0357. The van der Waals surface area contributed by atoms with Crippen molar-refractivity contribution in [3.8, 4) is 11.5 Å². The van der Waals surface area contributed by atoms with Crippen LogP contribution < -0.4 is 20.5 Å². The molecule has 0 aliphatic rings. The molecule has 138 valence electrons. The Kier molecular flexibility index (Phi) is 5.46. The Hall–Kier alpha value is -3.68. The van der Waals surface area contributed by atoms with E-state index < -0.39 is 0 Å². The number of nitrogen functional groups attached to an aromatic ring is 1. The lowest BCUT2D eigenvalue weighted by Crippen LogP contribution is -2.09. The Morgan fingerprint density at radius 3 is 2.56 bits per heavy atom. The van der Waals surface area contributed by atoms with E-state index in [0.717, 1.165) is 17.5 Å². The molecule has 3 aromatic rings.